The third-order valence-corrected chi connectivity index (χ3v) is 5.41. The molecule has 2 heterocycles. The number of nitrogens with zero attached hydrogens (tertiary/aromatic N) is 4. The van der Waals surface area contributed by atoms with Gasteiger partial charge in [0.25, 0.3) is 5.91 Å². The Kier molecular flexibility index (Phi) is 7.45. The van der Waals surface area contributed by atoms with Gasteiger partial charge in [0.1, 0.15) is 6.61 Å². The van der Waals surface area contributed by atoms with Crippen LogP contribution in [0, 0.1) is 0 Å². The molecule has 2 aromatic rings. The number of aromatic nitrogens is 2. The lowest BCUT2D eigenvalue weighted by atomic mass is 10.1. The lowest BCUT2D eigenvalue weighted by Gasteiger charge is -2.41. The Morgan fingerprint density at radius 2 is 2.16 bits per heavy atom. The summed E-state index contributed by atoms with van der Waals surface area (Å²) in [7, 11) is 1.53. The molecule has 1 atom stereocenters. The number of ether oxygens (including phenoxy) is 1. The molecule has 1 fully saturated rings. The number of carbonyl (C=O) groups is 1. The first-order valence-electron chi connectivity index (χ1n) is 10.0. The second-order valence-corrected chi connectivity index (χ2v) is 7.94. The summed E-state index contributed by atoms with van der Waals surface area (Å²) in [5.41, 5.74) is 1.62. The molecule has 8 nitrogen and oxygen atoms in total. The Hall–Kier alpha value is -2.30. The Labute approximate surface area is 184 Å². The van der Waals surface area contributed by atoms with Crippen LogP contribution in [0.1, 0.15) is 31.7 Å². The van der Waals surface area contributed by atoms with Crippen molar-refractivity contribution in [2.24, 2.45) is 0 Å². The van der Waals surface area contributed by atoms with Gasteiger partial charge in [-0.2, -0.15) is 8.78 Å². The van der Waals surface area contributed by atoms with E-state index in [1.54, 1.807) is 19.1 Å². The third-order valence-electron chi connectivity index (χ3n) is 5.17. The summed E-state index contributed by atoms with van der Waals surface area (Å²) in [5.74, 6) is -4.08. The van der Waals surface area contributed by atoms with Crippen molar-refractivity contribution in [2.75, 3.05) is 32.1 Å². The van der Waals surface area contributed by atoms with Gasteiger partial charge < -0.3 is 19.4 Å². The second kappa shape index (κ2) is 9.88. The van der Waals surface area contributed by atoms with E-state index >= 15 is 0 Å². The number of methoxy groups -OCH3 is 1. The zero-order valence-corrected chi connectivity index (χ0v) is 18.5. The second-order valence-electron chi connectivity index (χ2n) is 7.50. The van der Waals surface area contributed by atoms with Crippen LogP contribution >= 0.6 is 11.6 Å². The van der Waals surface area contributed by atoms with Crippen LogP contribution in [-0.4, -0.2) is 64.6 Å². The molecule has 3 rings (SSSR count). The molecule has 1 saturated heterocycles. The maximum absolute atomic E-state index is 13.8. The molecule has 1 N–H and O–H groups in total. The number of hydrogen-bond donors (Lipinski definition) is 1. The number of hydrogen-bond acceptors (Lipinski definition) is 7. The van der Waals surface area contributed by atoms with Gasteiger partial charge in [-0.15, -0.1) is 5.10 Å². The van der Waals surface area contributed by atoms with Gasteiger partial charge in [-0.1, -0.05) is 29.7 Å². The van der Waals surface area contributed by atoms with Crippen molar-refractivity contribution >= 4 is 29.2 Å². The van der Waals surface area contributed by atoms with Crippen molar-refractivity contribution in [1.82, 2.24) is 20.0 Å². The number of piperazine rings is 1. The lowest BCUT2D eigenvalue weighted by Crippen LogP contribution is -2.57. The molecule has 0 spiro atoms. The van der Waals surface area contributed by atoms with Gasteiger partial charge in [0, 0.05) is 56.5 Å². The van der Waals surface area contributed by atoms with E-state index in [9.17, 15) is 13.6 Å². The highest BCUT2D eigenvalue weighted by molar-refractivity contribution is 6.30. The molecule has 0 saturated carbocycles. The first kappa shape index (κ1) is 23.4. The zero-order chi connectivity index (χ0) is 22.6. The van der Waals surface area contributed by atoms with Crippen LogP contribution in [0.25, 0.3) is 0 Å². The molecule has 170 valence electrons. The molecule has 0 radical (unpaired) electrons. The van der Waals surface area contributed by atoms with Gasteiger partial charge in [0.05, 0.1) is 0 Å². The highest BCUT2D eigenvalue weighted by atomic mass is 35.5. The van der Waals surface area contributed by atoms with Gasteiger partial charge in [0.15, 0.2) is 0 Å². The molecule has 1 aromatic heterocycles. The van der Waals surface area contributed by atoms with Crippen molar-refractivity contribution in [3.8, 4) is 0 Å². The van der Waals surface area contributed by atoms with Crippen molar-refractivity contribution < 1.29 is 22.7 Å². The number of carbonyl (C=O) groups excluding carboxylic acids is 1. The molecule has 1 aliphatic heterocycles. The fraction of sp³-hybridized carbons (Fsp3) is 0.550. The van der Waals surface area contributed by atoms with E-state index < -0.39 is 18.3 Å². The van der Waals surface area contributed by atoms with Crippen molar-refractivity contribution in [1.29, 1.82) is 0 Å². The molecule has 1 aliphatic rings. The molecular formula is C20H26ClF2N5O3. The highest BCUT2D eigenvalue weighted by Crippen LogP contribution is 2.28. The maximum atomic E-state index is 13.8. The van der Waals surface area contributed by atoms with Crippen LogP contribution in [0.2, 0.25) is 5.02 Å². The van der Waals surface area contributed by atoms with E-state index in [2.05, 4.69) is 20.4 Å². The number of halogens is 3. The van der Waals surface area contributed by atoms with E-state index in [4.69, 9.17) is 20.8 Å². The van der Waals surface area contributed by atoms with Gasteiger partial charge in [-0.05, 0) is 24.6 Å². The van der Waals surface area contributed by atoms with E-state index in [0.29, 0.717) is 36.2 Å². The Bertz CT molecular complexity index is 911. The number of nitrogens with one attached hydrogen (secondary N) is 1. The minimum absolute atomic E-state index is 0.203. The largest absolute Gasteiger partial charge is 0.405 e. The van der Waals surface area contributed by atoms with E-state index in [0.717, 1.165) is 5.56 Å². The number of benzene rings is 1. The molecule has 11 heteroatoms. The monoisotopic (exact) mass is 457 g/mol. The molecule has 1 amide bonds. The summed E-state index contributed by atoms with van der Waals surface area (Å²) in [6.07, 6.45) is -0.500. The minimum Gasteiger partial charge on any atom is -0.405 e. The van der Waals surface area contributed by atoms with Crippen LogP contribution < -0.4 is 5.32 Å². The fourth-order valence-electron chi connectivity index (χ4n) is 3.48. The average Bonchev–Trinajstić information content (AvgIpc) is 3.17. The summed E-state index contributed by atoms with van der Waals surface area (Å²) >= 11 is 6.16. The number of amides is 1. The topological polar surface area (TPSA) is 83.7 Å². The summed E-state index contributed by atoms with van der Waals surface area (Å²) < 4.78 is 38.1. The van der Waals surface area contributed by atoms with Gasteiger partial charge in [-0.3, -0.25) is 9.69 Å². The lowest BCUT2D eigenvalue weighted by molar-refractivity contribution is -0.162. The van der Waals surface area contributed by atoms with Crippen molar-refractivity contribution in [2.45, 2.75) is 45.4 Å². The standard InChI is InChI=1S/C20H26ClF2N5O3/c1-4-20(22,23)18(29)28-8-7-27(10-13(28)2)11-14-5-6-15(21)9-16(14)24-19-26-25-17(31-19)12-30-3/h5-6,9,13H,4,7-8,10-12H2,1-3H3,(H,24,26)/t13-/m0/s1. The Balaban J connectivity index is 1.68. The van der Waals surface area contributed by atoms with Crippen molar-refractivity contribution in [3.63, 3.8) is 0 Å². The quantitative estimate of drug-likeness (QED) is 0.647. The van der Waals surface area contributed by atoms with Gasteiger partial charge in [0.2, 0.25) is 5.89 Å². The van der Waals surface area contributed by atoms with E-state index in [-0.39, 0.29) is 25.2 Å². The predicted molar refractivity (Wildman–Crippen MR) is 111 cm³/mol. The SMILES string of the molecule is CCC(F)(F)C(=O)N1CCN(Cc2ccc(Cl)cc2Nc2nnc(COC)o2)C[C@@H]1C. The van der Waals surface area contributed by atoms with Crippen molar-refractivity contribution in [3.05, 3.63) is 34.7 Å². The minimum atomic E-state index is -3.32. The van der Waals surface area contributed by atoms with E-state index in [1.165, 1.54) is 18.9 Å². The predicted octanol–water partition coefficient (Wildman–Crippen LogP) is 3.69. The number of rotatable bonds is 8. The normalized spacial score (nSPS) is 17.7. The Morgan fingerprint density at radius 3 is 2.84 bits per heavy atom. The van der Waals surface area contributed by atoms with Crippen LogP contribution in [-0.2, 0) is 22.7 Å². The molecular weight excluding hydrogens is 432 g/mol. The van der Waals surface area contributed by atoms with Crippen LogP contribution in [0.3, 0.4) is 0 Å². The highest BCUT2D eigenvalue weighted by Gasteiger charge is 2.42. The van der Waals surface area contributed by atoms with E-state index in [1.807, 2.05) is 6.07 Å². The van der Waals surface area contributed by atoms with Crippen LogP contribution in [0.5, 0.6) is 0 Å². The first-order chi connectivity index (χ1) is 14.7. The fourth-order valence-corrected chi connectivity index (χ4v) is 3.66. The smallest absolute Gasteiger partial charge is 0.324 e. The Morgan fingerprint density at radius 1 is 1.39 bits per heavy atom. The molecule has 1 aromatic carbocycles. The zero-order valence-electron chi connectivity index (χ0n) is 17.7. The number of alkyl halides is 2. The molecule has 0 aliphatic carbocycles. The maximum Gasteiger partial charge on any atom is 0.324 e. The van der Waals surface area contributed by atoms with Gasteiger partial charge in [-0.25, -0.2) is 0 Å². The average molecular weight is 458 g/mol. The van der Waals surface area contributed by atoms with Crippen LogP contribution in [0.15, 0.2) is 22.6 Å². The summed E-state index contributed by atoms with van der Waals surface area (Å²) in [4.78, 5) is 15.6. The first-order valence-corrected chi connectivity index (χ1v) is 10.4. The summed E-state index contributed by atoms with van der Waals surface area (Å²) in [6.45, 7) is 5.05. The summed E-state index contributed by atoms with van der Waals surface area (Å²) in [6, 6.07) is 5.29. The number of anilines is 2. The summed E-state index contributed by atoms with van der Waals surface area (Å²) in [5, 5.41) is 11.4. The van der Waals surface area contributed by atoms with Gasteiger partial charge >= 0.3 is 11.9 Å². The molecule has 0 unspecified atom stereocenters. The molecule has 31 heavy (non-hydrogen) atoms. The molecule has 0 bridgehead atoms. The van der Waals surface area contributed by atoms with Crippen LogP contribution in [0.4, 0.5) is 20.5 Å². The third kappa shape index (κ3) is 5.69.